The minimum Gasteiger partial charge on any atom is -0.481 e. The molecule has 0 heterocycles. The molecule has 2 atom stereocenters. The molecule has 0 bridgehead atoms. The first-order valence-electron chi connectivity index (χ1n) is 9.22. The zero-order valence-electron chi connectivity index (χ0n) is 15.3. The van der Waals surface area contributed by atoms with Crippen LogP contribution in [0.2, 0.25) is 0 Å². The Balaban J connectivity index is 1.71. The smallest absolute Gasteiger partial charge is 0.261 e. The van der Waals surface area contributed by atoms with Gasteiger partial charge >= 0.3 is 0 Å². The number of ether oxygens (including phenoxy) is 1. The van der Waals surface area contributed by atoms with E-state index in [2.05, 4.69) is 18.3 Å². The summed E-state index contributed by atoms with van der Waals surface area (Å²) < 4.78 is 6.00. The molecule has 0 aliphatic heterocycles. The number of rotatable bonds is 7. The van der Waals surface area contributed by atoms with Crippen molar-refractivity contribution in [1.82, 2.24) is 5.32 Å². The fraction of sp³-hybridized carbons (Fsp3) is 0.261. The standard InChI is InChI=1S/C23H25NO2/c1-3-21(18-11-6-5-7-12-18)24-23(25)22(4-2)26-20-15-14-17-10-8-9-13-19(17)16-20/h5-16,21-22H,3-4H2,1-2H3,(H,24,25)/t21-,22-/m0/s1. The van der Waals surface area contributed by atoms with Gasteiger partial charge in [-0.1, -0.05) is 74.5 Å². The average molecular weight is 347 g/mol. The zero-order chi connectivity index (χ0) is 18.4. The van der Waals surface area contributed by atoms with E-state index in [1.54, 1.807) is 0 Å². The van der Waals surface area contributed by atoms with Crippen molar-refractivity contribution in [3.05, 3.63) is 78.4 Å². The lowest BCUT2D eigenvalue weighted by atomic mass is 10.0. The van der Waals surface area contributed by atoms with E-state index in [4.69, 9.17) is 4.74 Å². The van der Waals surface area contributed by atoms with Crippen molar-refractivity contribution in [3.8, 4) is 5.75 Å². The van der Waals surface area contributed by atoms with Gasteiger partial charge in [-0.15, -0.1) is 0 Å². The molecule has 0 aliphatic carbocycles. The molecule has 0 aliphatic rings. The number of carbonyl (C=O) groups excluding carboxylic acids is 1. The summed E-state index contributed by atoms with van der Waals surface area (Å²) in [6.45, 7) is 4.04. The molecule has 0 spiro atoms. The molecule has 0 saturated heterocycles. The largest absolute Gasteiger partial charge is 0.481 e. The molecule has 0 aromatic heterocycles. The summed E-state index contributed by atoms with van der Waals surface area (Å²) in [4.78, 5) is 12.7. The number of amides is 1. The quantitative estimate of drug-likeness (QED) is 0.633. The number of hydrogen-bond acceptors (Lipinski definition) is 2. The van der Waals surface area contributed by atoms with Gasteiger partial charge in [0.2, 0.25) is 0 Å². The second-order valence-corrected chi connectivity index (χ2v) is 6.40. The highest BCUT2D eigenvalue weighted by atomic mass is 16.5. The predicted molar refractivity (Wildman–Crippen MR) is 106 cm³/mol. The Hall–Kier alpha value is -2.81. The van der Waals surface area contributed by atoms with E-state index in [-0.39, 0.29) is 11.9 Å². The molecule has 3 aromatic carbocycles. The molecule has 0 unspecified atom stereocenters. The van der Waals surface area contributed by atoms with Crippen molar-refractivity contribution in [2.75, 3.05) is 0 Å². The molecular formula is C23H25NO2. The van der Waals surface area contributed by atoms with Crippen molar-refractivity contribution >= 4 is 16.7 Å². The molecule has 3 heteroatoms. The Morgan fingerprint density at radius 2 is 1.58 bits per heavy atom. The highest BCUT2D eigenvalue weighted by Crippen LogP contribution is 2.23. The Kier molecular flexibility index (Phi) is 5.90. The van der Waals surface area contributed by atoms with Gasteiger partial charge in [0.25, 0.3) is 5.91 Å². The molecule has 1 amide bonds. The Morgan fingerprint density at radius 3 is 2.27 bits per heavy atom. The lowest BCUT2D eigenvalue weighted by Crippen LogP contribution is -2.39. The second kappa shape index (κ2) is 8.52. The summed E-state index contributed by atoms with van der Waals surface area (Å²) in [5, 5.41) is 5.39. The lowest BCUT2D eigenvalue weighted by Gasteiger charge is -2.22. The normalized spacial score (nSPS) is 13.2. The van der Waals surface area contributed by atoms with Crippen LogP contribution < -0.4 is 10.1 Å². The average Bonchev–Trinajstić information content (AvgIpc) is 2.70. The van der Waals surface area contributed by atoms with Crippen molar-refractivity contribution in [3.63, 3.8) is 0 Å². The maximum absolute atomic E-state index is 12.7. The van der Waals surface area contributed by atoms with Crippen LogP contribution in [0.3, 0.4) is 0 Å². The third-order valence-corrected chi connectivity index (χ3v) is 4.59. The van der Waals surface area contributed by atoms with E-state index >= 15 is 0 Å². The van der Waals surface area contributed by atoms with Gasteiger partial charge in [0.05, 0.1) is 6.04 Å². The molecule has 134 valence electrons. The highest BCUT2D eigenvalue weighted by Gasteiger charge is 2.22. The molecular weight excluding hydrogens is 322 g/mol. The summed E-state index contributed by atoms with van der Waals surface area (Å²) >= 11 is 0. The first-order chi connectivity index (χ1) is 12.7. The Labute approximate surface area is 155 Å². The fourth-order valence-corrected chi connectivity index (χ4v) is 3.10. The van der Waals surface area contributed by atoms with Crippen LogP contribution in [-0.2, 0) is 4.79 Å². The summed E-state index contributed by atoms with van der Waals surface area (Å²) in [5.74, 6) is 0.648. The monoisotopic (exact) mass is 347 g/mol. The highest BCUT2D eigenvalue weighted by molar-refractivity contribution is 5.84. The lowest BCUT2D eigenvalue weighted by molar-refractivity contribution is -0.128. The number of fused-ring (bicyclic) bond motifs is 1. The molecule has 0 radical (unpaired) electrons. The molecule has 0 saturated carbocycles. The fourth-order valence-electron chi connectivity index (χ4n) is 3.10. The Bertz CT molecular complexity index is 860. The Morgan fingerprint density at radius 1 is 0.885 bits per heavy atom. The van der Waals surface area contributed by atoms with Crippen LogP contribution >= 0.6 is 0 Å². The molecule has 26 heavy (non-hydrogen) atoms. The van der Waals surface area contributed by atoms with E-state index in [1.165, 1.54) is 0 Å². The van der Waals surface area contributed by atoms with Gasteiger partial charge in [-0.05, 0) is 41.3 Å². The minimum atomic E-state index is -0.506. The van der Waals surface area contributed by atoms with Crippen LogP contribution in [-0.4, -0.2) is 12.0 Å². The van der Waals surface area contributed by atoms with Crippen LogP contribution in [0.1, 0.15) is 38.3 Å². The maximum Gasteiger partial charge on any atom is 0.261 e. The predicted octanol–water partition coefficient (Wildman–Crippen LogP) is 5.26. The van der Waals surface area contributed by atoms with Crippen LogP contribution in [0.4, 0.5) is 0 Å². The van der Waals surface area contributed by atoms with Gasteiger partial charge in [-0.25, -0.2) is 0 Å². The third-order valence-electron chi connectivity index (χ3n) is 4.59. The second-order valence-electron chi connectivity index (χ2n) is 6.40. The van der Waals surface area contributed by atoms with E-state index in [0.717, 1.165) is 28.5 Å². The van der Waals surface area contributed by atoms with E-state index in [1.807, 2.05) is 73.7 Å². The van der Waals surface area contributed by atoms with Gasteiger partial charge in [-0.2, -0.15) is 0 Å². The number of hydrogen-bond donors (Lipinski definition) is 1. The zero-order valence-corrected chi connectivity index (χ0v) is 15.3. The van der Waals surface area contributed by atoms with Gasteiger partial charge in [0, 0.05) is 0 Å². The van der Waals surface area contributed by atoms with Crippen LogP contribution in [0, 0.1) is 0 Å². The van der Waals surface area contributed by atoms with Gasteiger partial charge in [0.1, 0.15) is 5.75 Å². The third kappa shape index (κ3) is 4.23. The van der Waals surface area contributed by atoms with Gasteiger partial charge < -0.3 is 10.1 Å². The SMILES string of the molecule is CC[C@H](Oc1ccc2ccccc2c1)C(=O)N[C@@H](CC)c1ccccc1. The molecule has 3 aromatic rings. The van der Waals surface area contributed by atoms with Crippen LogP contribution in [0.15, 0.2) is 72.8 Å². The summed E-state index contributed by atoms with van der Waals surface area (Å²) in [6, 6.07) is 24.1. The number of nitrogens with one attached hydrogen (secondary N) is 1. The maximum atomic E-state index is 12.7. The van der Waals surface area contributed by atoms with Crippen molar-refractivity contribution < 1.29 is 9.53 Å². The van der Waals surface area contributed by atoms with Crippen molar-refractivity contribution in [2.45, 2.75) is 38.8 Å². The number of carbonyl (C=O) groups is 1. The van der Waals surface area contributed by atoms with Gasteiger partial charge in [0.15, 0.2) is 6.10 Å². The van der Waals surface area contributed by atoms with E-state index in [0.29, 0.717) is 6.42 Å². The van der Waals surface area contributed by atoms with Crippen molar-refractivity contribution in [1.29, 1.82) is 0 Å². The van der Waals surface area contributed by atoms with Crippen molar-refractivity contribution in [2.24, 2.45) is 0 Å². The minimum absolute atomic E-state index is 0.00189. The molecule has 1 N–H and O–H groups in total. The summed E-state index contributed by atoms with van der Waals surface area (Å²) in [6.07, 6.45) is 0.945. The first-order valence-corrected chi connectivity index (χ1v) is 9.22. The van der Waals surface area contributed by atoms with Crippen LogP contribution in [0.5, 0.6) is 5.75 Å². The van der Waals surface area contributed by atoms with E-state index in [9.17, 15) is 4.79 Å². The van der Waals surface area contributed by atoms with E-state index < -0.39 is 6.10 Å². The summed E-state index contributed by atoms with van der Waals surface area (Å²) in [7, 11) is 0. The topological polar surface area (TPSA) is 38.3 Å². The van der Waals surface area contributed by atoms with Crippen LogP contribution in [0.25, 0.3) is 10.8 Å². The summed E-state index contributed by atoms with van der Waals surface area (Å²) in [5.41, 5.74) is 1.11. The molecule has 3 rings (SSSR count). The van der Waals surface area contributed by atoms with Gasteiger partial charge in [-0.3, -0.25) is 4.79 Å². The molecule has 3 nitrogen and oxygen atoms in total. The number of benzene rings is 3. The first kappa shape index (κ1) is 18.0. The molecule has 0 fully saturated rings.